The number of phenolic OH excluding ortho intramolecular Hbond substituents is 1. The lowest BCUT2D eigenvalue weighted by molar-refractivity contribution is 0.473. The summed E-state index contributed by atoms with van der Waals surface area (Å²) < 4.78 is 0. The largest absolute Gasteiger partial charge is 0.508 e. The molecule has 0 atom stereocenters. The Morgan fingerprint density at radius 3 is 2.56 bits per heavy atom. The molecule has 2 radical (unpaired) electrons. The van der Waals surface area contributed by atoms with E-state index in [-0.39, 0.29) is 5.75 Å². The van der Waals surface area contributed by atoms with E-state index in [1.807, 2.05) is 0 Å². The van der Waals surface area contributed by atoms with Gasteiger partial charge in [-0.2, -0.15) is 0 Å². The molecule has 0 amide bonds. The fourth-order valence-corrected chi connectivity index (χ4v) is 0.706. The third kappa shape index (κ3) is 1.36. The number of rotatable bonds is 0. The van der Waals surface area contributed by atoms with Crippen molar-refractivity contribution in [3.63, 3.8) is 0 Å². The van der Waals surface area contributed by atoms with E-state index in [2.05, 4.69) is 0 Å². The second-order valence-corrected chi connectivity index (χ2v) is 2.14. The lowest BCUT2D eigenvalue weighted by atomic mass is 10.2. The Labute approximate surface area is 58.9 Å². The third-order valence-corrected chi connectivity index (χ3v) is 1.22. The Morgan fingerprint density at radius 1 is 1.44 bits per heavy atom. The maximum absolute atomic E-state index is 8.86. The van der Waals surface area contributed by atoms with E-state index in [4.69, 9.17) is 23.6 Å². The summed E-state index contributed by atoms with van der Waals surface area (Å²) >= 11 is 5.53. The number of aromatic hydroxyl groups is 1. The monoisotopic (exact) mass is 140 g/mol. The quantitative estimate of drug-likeness (QED) is 0.585. The zero-order valence-corrected chi connectivity index (χ0v) is 5.39. The maximum Gasteiger partial charge on any atom is 0.119 e. The summed E-state index contributed by atoms with van der Waals surface area (Å²) in [6.07, 6.45) is 0. The molecule has 0 fully saturated rings. The van der Waals surface area contributed by atoms with Gasteiger partial charge in [-0.25, -0.2) is 0 Å². The van der Waals surface area contributed by atoms with Crippen LogP contribution in [0.1, 0.15) is 5.56 Å². The molecule has 2 heteroatoms. The molecular formula is C7H5ClO. The van der Waals surface area contributed by atoms with Crippen molar-refractivity contribution in [3.05, 3.63) is 35.7 Å². The van der Waals surface area contributed by atoms with Crippen molar-refractivity contribution in [1.29, 1.82) is 0 Å². The van der Waals surface area contributed by atoms with Gasteiger partial charge in [0, 0.05) is 11.9 Å². The molecule has 1 aromatic carbocycles. The van der Waals surface area contributed by atoms with Crippen molar-refractivity contribution in [2.75, 3.05) is 0 Å². The van der Waals surface area contributed by atoms with Crippen LogP contribution >= 0.6 is 11.6 Å². The van der Waals surface area contributed by atoms with Crippen LogP contribution in [0.4, 0.5) is 0 Å². The standard InChI is InChI=1S/C7H5ClO/c1-5-4-6(8)2-3-7(5)9/h1-4,9H. The minimum absolute atomic E-state index is 0.0689. The van der Waals surface area contributed by atoms with Gasteiger partial charge in [0.15, 0.2) is 0 Å². The SMILES string of the molecule is [CH]c1cc(Cl)ccc1O. The smallest absolute Gasteiger partial charge is 0.119 e. The van der Waals surface area contributed by atoms with Gasteiger partial charge >= 0.3 is 0 Å². The molecule has 0 aliphatic heterocycles. The first kappa shape index (κ1) is 6.43. The Balaban J connectivity index is 3.17. The predicted octanol–water partition coefficient (Wildman–Crippen LogP) is 2.10. The molecule has 0 unspecified atom stereocenters. The van der Waals surface area contributed by atoms with Crippen molar-refractivity contribution in [1.82, 2.24) is 0 Å². The van der Waals surface area contributed by atoms with E-state index < -0.39 is 0 Å². The van der Waals surface area contributed by atoms with Crippen LogP contribution in [0.15, 0.2) is 18.2 Å². The predicted molar refractivity (Wildman–Crippen MR) is 36.5 cm³/mol. The van der Waals surface area contributed by atoms with Crippen molar-refractivity contribution in [3.8, 4) is 5.75 Å². The van der Waals surface area contributed by atoms with Gasteiger partial charge in [-0.3, -0.25) is 0 Å². The van der Waals surface area contributed by atoms with Gasteiger partial charge in [-0.15, -0.1) is 0 Å². The number of benzene rings is 1. The van der Waals surface area contributed by atoms with Gasteiger partial charge in [-0.1, -0.05) is 11.6 Å². The number of halogens is 1. The summed E-state index contributed by atoms with van der Waals surface area (Å²) in [6, 6.07) is 4.53. The number of phenols is 1. The maximum atomic E-state index is 8.86. The van der Waals surface area contributed by atoms with Crippen LogP contribution in [0.2, 0.25) is 5.02 Å². The molecule has 0 aliphatic rings. The zero-order chi connectivity index (χ0) is 6.85. The van der Waals surface area contributed by atoms with Crippen LogP contribution in [0, 0.1) is 6.92 Å². The van der Waals surface area contributed by atoms with Crippen molar-refractivity contribution >= 4 is 11.6 Å². The lowest BCUT2D eigenvalue weighted by Gasteiger charge is -1.95. The summed E-state index contributed by atoms with van der Waals surface area (Å²) in [6.45, 7) is 5.29. The van der Waals surface area contributed by atoms with E-state index in [9.17, 15) is 0 Å². The highest BCUT2D eigenvalue weighted by atomic mass is 35.5. The van der Waals surface area contributed by atoms with Crippen LogP contribution in [0.25, 0.3) is 0 Å². The first-order valence-corrected chi connectivity index (χ1v) is 2.82. The normalized spacial score (nSPS) is 9.56. The summed E-state index contributed by atoms with van der Waals surface area (Å²) in [5.74, 6) is 0.0689. The first-order chi connectivity index (χ1) is 4.20. The van der Waals surface area contributed by atoms with E-state index in [0.717, 1.165) is 0 Å². The van der Waals surface area contributed by atoms with Crippen LogP contribution < -0.4 is 0 Å². The van der Waals surface area contributed by atoms with Crippen LogP contribution in [0.5, 0.6) is 5.75 Å². The Kier molecular flexibility index (Phi) is 1.63. The molecule has 0 spiro atoms. The molecule has 1 nitrogen and oxygen atoms in total. The molecule has 0 bridgehead atoms. The summed E-state index contributed by atoms with van der Waals surface area (Å²) in [4.78, 5) is 0. The number of hydrogen-bond acceptors (Lipinski definition) is 1. The molecule has 9 heavy (non-hydrogen) atoms. The van der Waals surface area contributed by atoms with Crippen molar-refractivity contribution < 1.29 is 5.11 Å². The van der Waals surface area contributed by atoms with Gasteiger partial charge in [0.1, 0.15) is 5.75 Å². The topological polar surface area (TPSA) is 20.2 Å². The fourth-order valence-electron chi connectivity index (χ4n) is 0.525. The average Bonchev–Trinajstić information content (AvgIpc) is 1.80. The van der Waals surface area contributed by atoms with E-state index in [0.29, 0.717) is 10.6 Å². The molecule has 0 aliphatic carbocycles. The lowest BCUT2D eigenvalue weighted by Crippen LogP contribution is -1.71. The molecule has 0 heterocycles. The molecule has 0 saturated carbocycles. The second kappa shape index (κ2) is 2.28. The summed E-state index contributed by atoms with van der Waals surface area (Å²) in [5.41, 5.74) is 0.308. The highest BCUT2D eigenvalue weighted by Gasteiger charge is 1.93. The van der Waals surface area contributed by atoms with Gasteiger partial charge in [0.2, 0.25) is 0 Å². The van der Waals surface area contributed by atoms with Crippen LogP contribution in [-0.4, -0.2) is 5.11 Å². The van der Waals surface area contributed by atoms with Crippen molar-refractivity contribution in [2.45, 2.75) is 0 Å². The Hall–Kier alpha value is -0.690. The molecule has 0 aromatic heterocycles. The Bertz CT molecular complexity index is 220. The summed E-state index contributed by atoms with van der Waals surface area (Å²) in [5, 5.41) is 9.39. The fraction of sp³-hybridized carbons (Fsp3) is 0. The average molecular weight is 141 g/mol. The van der Waals surface area contributed by atoms with Gasteiger partial charge in [0.25, 0.3) is 0 Å². The minimum atomic E-state index is 0.0689. The third-order valence-electron chi connectivity index (χ3n) is 0.990. The second-order valence-electron chi connectivity index (χ2n) is 1.70. The molecule has 46 valence electrons. The highest BCUT2D eigenvalue weighted by Crippen LogP contribution is 2.19. The molecule has 0 saturated heterocycles. The molecule has 1 rings (SSSR count). The first-order valence-electron chi connectivity index (χ1n) is 2.44. The molecule has 1 aromatic rings. The highest BCUT2D eigenvalue weighted by molar-refractivity contribution is 6.30. The molecular weight excluding hydrogens is 136 g/mol. The number of hydrogen-bond donors (Lipinski definition) is 1. The van der Waals surface area contributed by atoms with E-state index in [1.54, 1.807) is 6.07 Å². The van der Waals surface area contributed by atoms with Gasteiger partial charge in [-0.05, 0) is 23.8 Å². The van der Waals surface area contributed by atoms with E-state index in [1.165, 1.54) is 12.1 Å². The van der Waals surface area contributed by atoms with E-state index >= 15 is 0 Å². The van der Waals surface area contributed by atoms with Gasteiger partial charge < -0.3 is 5.11 Å². The zero-order valence-electron chi connectivity index (χ0n) is 4.63. The minimum Gasteiger partial charge on any atom is -0.508 e. The van der Waals surface area contributed by atoms with Gasteiger partial charge in [0.05, 0.1) is 0 Å². The molecule has 1 N–H and O–H groups in total. The van der Waals surface area contributed by atoms with Crippen molar-refractivity contribution in [2.24, 2.45) is 0 Å². The van der Waals surface area contributed by atoms with Crippen LogP contribution in [-0.2, 0) is 0 Å². The van der Waals surface area contributed by atoms with Crippen LogP contribution in [0.3, 0.4) is 0 Å². The summed E-state index contributed by atoms with van der Waals surface area (Å²) in [7, 11) is 0. The Morgan fingerprint density at radius 2 is 2.11 bits per heavy atom.